The molecule has 0 saturated heterocycles. The summed E-state index contributed by atoms with van der Waals surface area (Å²) in [6.07, 6.45) is 9.35. The summed E-state index contributed by atoms with van der Waals surface area (Å²) in [5, 5.41) is 0. The second kappa shape index (κ2) is 6.38. The molecule has 0 aliphatic heterocycles. The zero-order chi connectivity index (χ0) is 13.6. The van der Waals surface area contributed by atoms with Crippen molar-refractivity contribution in [2.75, 3.05) is 0 Å². The zero-order valence-electron chi connectivity index (χ0n) is 11.8. The molecule has 0 nitrogen and oxygen atoms in total. The predicted octanol–water partition coefficient (Wildman–Crippen LogP) is 5.12. The molecule has 0 fully saturated rings. The molecule has 20 heavy (non-hydrogen) atoms. The van der Waals surface area contributed by atoms with E-state index in [1.165, 1.54) is 29.5 Å². The Kier molecular flexibility index (Phi) is 4.13. The average Bonchev–Trinajstić information content (AvgIpc) is 2.45. The van der Waals surface area contributed by atoms with Gasteiger partial charge in [-0.25, -0.2) is 0 Å². The van der Waals surface area contributed by atoms with E-state index in [9.17, 15) is 0 Å². The van der Waals surface area contributed by atoms with E-state index in [1.54, 1.807) is 5.57 Å². The van der Waals surface area contributed by atoms with Crippen LogP contribution in [0.4, 0.5) is 0 Å². The highest BCUT2D eigenvalue weighted by Gasteiger charge is 2.11. The largest absolute Gasteiger partial charge is 0.0807 e. The van der Waals surface area contributed by atoms with Crippen LogP contribution in [0.5, 0.6) is 0 Å². The lowest BCUT2D eigenvalue weighted by Crippen LogP contribution is -2.02. The van der Waals surface area contributed by atoms with Gasteiger partial charge in [0.2, 0.25) is 0 Å². The Morgan fingerprint density at radius 1 is 0.850 bits per heavy atom. The van der Waals surface area contributed by atoms with Crippen LogP contribution in [0.25, 0.3) is 0 Å². The highest BCUT2D eigenvalue weighted by atomic mass is 14.2. The van der Waals surface area contributed by atoms with E-state index in [4.69, 9.17) is 0 Å². The van der Waals surface area contributed by atoms with Gasteiger partial charge in [-0.1, -0.05) is 72.8 Å². The first-order valence-corrected chi connectivity index (χ1v) is 7.38. The molecule has 2 aromatic rings. The van der Waals surface area contributed by atoms with Gasteiger partial charge < -0.3 is 0 Å². The van der Waals surface area contributed by atoms with Crippen LogP contribution >= 0.6 is 0 Å². The third kappa shape index (κ3) is 3.27. The molecule has 100 valence electrons. The number of hydrogen-bond acceptors (Lipinski definition) is 0. The summed E-state index contributed by atoms with van der Waals surface area (Å²) in [6, 6.07) is 21.5. The van der Waals surface area contributed by atoms with Gasteiger partial charge in [0.05, 0.1) is 0 Å². The van der Waals surface area contributed by atoms with Crippen LogP contribution in [0.1, 0.15) is 24.0 Å². The molecule has 1 aliphatic rings. The van der Waals surface area contributed by atoms with Crippen molar-refractivity contribution >= 4 is 0 Å². The van der Waals surface area contributed by atoms with E-state index >= 15 is 0 Å². The Bertz CT molecular complexity index is 603. The maximum atomic E-state index is 2.41. The highest BCUT2D eigenvalue weighted by molar-refractivity contribution is 5.40. The lowest BCUT2D eigenvalue weighted by molar-refractivity contribution is 0.864. The summed E-state index contributed by atoms with van der Waals surface area (Å²) in [4.78, 5) is 0. The van der Waals surface area contributed by atoms with Gasteiger partial charge in [0.1, 0.15) is 0 Å². The van der Waals surface area contributed by atoms with Crippen LogP contribution in [0, 0.1) is 0 Å². The minimum Gasteiger partial charge on any atom is -0.0807 e. The van der Waals surface area contributed by atoms with E-state index in [0.29, 0.717) is 0 Å². The maximum Gasteiger partial charge on any atom is -0.00262 e. The molecule has 0 N–H and O–H groups in total. The molecule has 0 heteroatoms. The van der Waals surface area contributed by atoms with E-state index in [0.717, 1.165) is 12.8 Å². The summed E-state index contributed by atoms with van der Waals surface area (Å²) in [6.45, 7) is 0. The topological polar surface area (TPSA) is 0 Å². The fraction of sp³-hybridized carbons (Fsp3) is 0.200. The first kappa shape index (κ1) is 12.9. The van der Waals surface area contributed by atoms with Crippen molar-refractivity contribution in [3.05, 3.63) is 95.1 Å². The molecule has 0 spiro atoms. The maximum absolute atomic E-state index is 2.41. The van der Waals surface area contributed by atoms with Crippen molar-refractivity contribution in [2.45, 2.75) is 25.7 Å². The molecule has 2 aromatic carbocycles. The van der Waals surface area contributed by atoms with Crippen LogP contribution in [0.3, 0.4) is 0 Å². The quantitative estimate of drug-likeness (QED) is 0.700. The first-order chi connectivity index (χ1) is 9.92. The second-order valence-electron chi connectivity index (χ2n) is 5.35. The van der Waals surface area contributed by atoms with Crippen LogP contribution < -0.4 is 0 Å². The Labute approximate surface area is 121 Å². The van der Waals surface area contributed by atoms with Gasteiger partial charge in [0.15, 0.2) is 0 Å². The summed E-state index contributed by atoms with van der Waals surface area (Å²) in [7, 11) is 0. The summed E-state index contributed by atoms with van der Waals surface area (Å²) >= 11 is 0. The first-order valence-electron chi connectivity index (χ1n) is 7.38. The third-order valence-electron chi connectivity index (χ3n) is 3.88. The molecule has 0 saturated carbocycles. The highest BCUT2D eigenvalue weighted by Crippen LogP contribution is 2.28. The van der Waals surface area contributed by atoms with E-state index in [-0.39, 0.29) is 0 Å². The standard InChI is InChI=1S/C20H20/c1-3-8-17(9-4-1)14-15-20(19-12-7-13-19)16-18-10-5-2-6-11-18/h1-6,8-12,15H,7,13-14,16H2. The molecule has 0 amide bonds. The minimum atomic E-state index is 1.03. The van der Waals surface area contributed by atoms with Crippen molar-refractivity contribution in [1.82, 2.24) is 0 Å². The smallest absolute Gasteiger partial charge is 0.00262 e. The molecule has 0 atom stereocenters. The molecule has 0 bridgehead atoms. The van der Waals surface area contributed by atoms with Gasteiger partial charge >= 0.3 is 0 Å². The van der Waals surface area contributed by atoms with E-state index < -0.39 is 0 Å². The number of rotatable bonds is 5. The lowest BCUT2D eigenvalue weighted by atomic mass is 9.87. The normalized spacial score (nSPS) is 14.6. The zero-order valence-corrected chi connectivity index (χ0v) is 11.8. The van der Waals surface area contributed by atoms with Crippen molar-refractivity contribution in [3.8, 4) is 0 Å². The van der Waals surface area contributed by atoms with Crippen molar-refractivity contribution in [3.63, 3.8) is 0 Å². The van der Waals surface area contributed by atoms with E-state index in [2.05, 4.69) is 72.8 Å². The second-order valence-corrected chi connectivity index (χ2v) is 5.35. The van der Waals surface area contributed by atoms with Gasteiger partial charge in [-0.2, -0.15) is 0 Å². The van der Waals surface area contributed by atoms with Gasteiger partial charge in [0.25, 0.3) is 0 Å². The SMILES string of the molecule is C1=C(C(=CCc2ccccc2)Cc2ccccc2)CC1. The van der Waals surface area contributed by atoms with Crippen molar-refractivity contribution < 1.29 is 0 Å². The van der Waals surface area contributed by atoms with Crippen LogP contribution in [0.2, 0.25) is 0 Å². The van der Waals surface area contributed by atoms with Gasteiger partial charge in [-0.3, -0.25) is 0 Å². The van der Waals surface area contributed by atoms with E-state index in [1.807, 2.05) is 0 Å². The van der Waals surface area contributed by atoms with Crippen molar-refractivity contribution in [2.24, 2.45) is 0 Å². The fourth-order valence-electron chi connectivity index (χ4n) is 2.57. The average molecular weight is 260 g/mol. The fourth-order valence-corrected chi connectivity index (χ4v) is 2.57. The monoisotopic (exact) mass is 260 g/mol. The number of hydrogen-bond donors (Lipinski definition) is 0. The van der Waals surface area contributed by atoms with Crippen LogP contribution in [0.15, 0.2) is 84.0 Å². The van der Waals surface area contributed by atoms with Gasteiger partial charge in [-0.05, 0) is 48.0 Å². The molecule has 0 radical (unpaired) electrons. The molecule has 0 aromatic heterocycles. The molecular weight excluding hydrogens is 240 g/mol. The van der Waals surface area contributed by atoms with Crippen LogP contribution in [-0.4, -0.2) is 0 Å². The molecule has 1 aliphatic carbocycles. The predicted molar refractivity (Wildman–Crippen MR) is 85.7 cm³/mol. The minimum absolute atomic E-state index is 1.03. The number of allylic oxidation sites excluding steroid dienone is 4. The van der Waals surface area contributed by atoms with Gasteiger partial charge in [0, 0.05) is 0 Å². The Hall–Kier alpha value is -2.08. The Morgan fingerprint density at radius 3 is 2.00 bits per heavy atom. The number of benzene rings is 2. The molecule has 3 rings (SSSR count). The lowest BCUT2D eigenvalue weighted by Gasteiger charge is -2.18. The summed E-state index contributed by atoms with van der Waals surface area (Å²) in [5.41, 5.74) is 5.84. The van der Waals surface area contributed by atoms with Crippen molar-refractivity contribution in [1.29, 1.82) is 0 Å². The summed E-state index contributed by atoms with van der Waals surface area (Å²) in [5.74, 6) is 0. The summed E-state index contributed by atoms with van der Waals surface area (Å²) < 4.78 is 0. The van der Waals surface area contributed by atoms with Crippen LogP contribution in [-0.2, 0) is 12.8 Å². The van der Waals surface area contributed by atoms with Gasteiger partial charge in [-0.15, -0.1) is 0 Å². The molecule has 0 heterocycles. The molecule has 0 unspecified atom stereocenters. The Balaban J connectivity index is 1.76. The Morgan fingerprint density at radius 2 is 1.45 bits per heavy atom. The molecular formula is C20H20. The third-order valence-corrected chi connectivity index (χ3v) is 3.88.